The van der Waals surface area contributed by atoms with Crippen molar-refractivity contribution in [2.45, 2.75) is 19.3 Å². The summed E-state index contributed by atoms with van der Waals surface area (Å²) in [6.07, 6.45) is 0. The normalized spacial score (nSPS) is 13.3. The first kappa shape index (κ1) is 29.1. The summed E-state index contributed by atoms with van der Waals surface area (Å²) in [4.78, 5) is 10.1. The van der Waals surface area contributed by atoms with Crippen molar-refractivity contribution in [3.05, 3.63) is 185 Å². The molecule has 0 amide bonds. The molecule has 0 saturated heterocycles. The Bertz CT molecular complexity index is 2890. The molecule has 6 aromatic carbocycles. The summed E-state index contributed by atoms with van der Waals surface area (Å²) in [7, 11) is 0. The van der Waals surface area contributed by atoms with Gasteiger partial charge in [-0.25, -0.2) is 4.98 Å². The van der Waals surface area contributed by atoms with Crippen LogP contribution in [0.15, 0.2) is 152 Å². The number of hydrogen-bond donors (Lipinski definition) is 0. The van der Waals surface area contributed by atoms with Gasteiger partial charge in [0.05, 0.1) is 22.1 Å². The van der Waals surface area contributed by atoms with E-state index in [0.29, 0.717) is 5.82 Å². The molecule has 11 rings (SSSR count). The number of hydrogen-bond acceptors (Lipinski definition) is 4. The molecule has 0 bridgehead atoms. The van der Waals surface area contributed by atoms with Gasteiger partial charge in [-0.15, -0.1) is 10.2 Å². The summed E-state index contributed by atoms with van der Waals surface area (Å²) < 4.78 is 2.48. The van der Waals surface area contributed by atoms with Crippen LogP contribution < -0.4 is 0 Å². The molecule has 0 radical (unpaired) electrons. The molecule has 0 atom stereocenters. The number of pyridine rings is 1. The predicted molar refractivity (Wildman–Crippen MR) is 209 cm³/mol. The number of para-hydroxylation sites is 2. The van der Waals surface area contributed by atoms with Crippen molar-refractivity contribution in [3.63, 3.8) is 0 Å². The summed E-state index contributed by atoms with van der Waals surface area (Å²) in [5, 5.41) is 12.2. The average molecular weight is 666 g/mol. The third-order valence-corrected chi connectivity index (χ3v) is 11.1. The number of rotatable bonds is 3. The van der Waals surface area contributed by atoms with Crippen LogP contribution in [0, 0.1) is 13.8 Å². The fourth-order valence-electron chi connectivity index (χ4n) is 9.07. The fraction of sp³-hybridized carbons (Fsp3) is 0.0638. The number of nitrogens with zero attached hydrogens (tertiary/aromatic N) is 5. The maximum atomic E-state index is 5.28. The molecule has 52 heavy (non-hydrogen) atoms. The van der Waals surface area contributed by atoms with E-state index in [4.69, 9.17) is 20.2 Å². The summed E-state index contributed by atoms with van der Waals surface area (Å²) in [6.45, 7) is 4.07. The Labute approximate surface area is 300 Å². The highest BCUT2D eigenvalue weighted by molar-refractivity contribution is 6.14. The average Bonchev–Trinajstić information content (AvgIpc) is 3.68. The molecule has 1 aliphatic heterocycles. The van der Waals surface area contributed by atoms with Crippen molar-refractivity contribution >= 4 is 21.8 Å². The number of benzene rings is 6. The highest BCUT2D eigenvalue weighted by Crippen LogP contribution is 2.61. The lowest BCUT2D eigenvalue weighted by atomic mass is 9.65. The van der Waals surface area contributed by atoms with Gasteiger partial charge >= 0.3 is 0 Å². The van der Waals surface area contributed by atoms with Gasteiger partial charge in [-0.1, -0.05) is 115 Å². The molecule has 0 saturated carbocycles. The van der Waals surface area contributed by atoms with Crippen LogP contribution in [0.4, 0.5) is 0 Å². The van der Waals surface area contributed by atoms with Crippen LogP contribution in [0.5, 0.6) is 0 Å². The van der Waals surface area contributed by atoms with E-state index in [-0.39, 0.29) is 0 Å². The van der Waals surface area contributed by atoms with Gasteiger partial charge in [0, 0.05) is 38.9 Å². The van der Waals surface area contributed by atoms with Gasteiger partial charge in [0.15, 0.2) is 5.82 Å². The van der Waals surface area contributed by atoms with Crippen molar-refractivity contribution < 1.29 is 0 Å². The molecular formula is C47H31N5. The van der Waals surface area contributed by atoms with Crippen molar-refractivity contribution in [1.29, 1.82) is 0 Å². The minimum absolute atomic E-state index is 0.561. The third-order valence-electron chi connectivity index (χ3n) is 11.1. The molecule has 1 aliphatic carbocycles. The van der Waals surface area contributed by atoms with Gasteiger partial charge in [-0.2, -0.15) is 0 Å². The second kappa shape index (κ2) is 10.6. The van der Waals surface area contributed by atoms with Gasteiger partial charge in [-0.3, -0.25) is 4.98 Å². The molecule has 0 unspecified atom stereocenters. The van der Waals surface area contributed by atoms with E-state index in [0.717, 1.165) is 39.5 Å². The zero-order valence-electron chi connectivity index (χ0n) is 28.7. The molecule has 2 aliphatic rings. The largest absolute Gasteiger partial charge is 0.309 e. The molecule has 5 heteroatoms. The quantitative estimate of drug-likeness (QED) is 0.188. The minimum Gasteiger partial charge on any atom is -0.309 e. The summed E-state index contributed by atoms with van der Waals surface area (Å²) >= 11 is 0. The monoisotopic (exact) mass is 665 g/mol. The molecule has 1 spiro atoms. The Hall–Kier alpha value is -6.72. The van der Waals surface area contributed by atoms with Crippen LogP contribution in [0.3, 0.4) is 0 Å². The van der Waals surface area contributed by atoms with E-state index < -0.39 is 5.41 Å². The van der Waals surface area contributed by atoms with Gasteiger partial charge in [0.25, 0.3) is 0 Å². The van der Waals surface area contributed by atoms with E-state index in [2.05, 4.69) is 133 Å². The molecular weight excluding hydrogens is 635 g/mol. The first-order chi connectivity index (χ1) is 25.6. The van der Waals surface area contributed by atoms with Crippen molar-refractivity contribution in [2.24, 2.45) is 0 Å². The van der Waals surface area contributed by atoms with Gasteiger partial charge in [-0.05, 0) is 83.6 Å². The van der Waals surface area contributed by atoms with E-state index in [9.17, 15) is 0 Å². The van der Waals surface area contributed by atoms with Crippen molar-refractivity contribution in [1.82, 2.24) is 24.7 Å². The van der Waals surface area contributed by atoms with Gasteiger partial charge in [0.2, 0.25) is 0 Å². The zero-order chi connectivity index (χ0) is 34.6. The molecule has 0 N–H and O–H groups in total. The number of fused-ring (bicyclic) bond motifs is 12. The van der Waals surface area contributed by atoms with Crippen LogP contribution >= 0.6 is 0 Å². The first-order valence-corrected chi connectivity index (χ1v) is 17.7. The molecule has 3 aromatic heterocycles. The Balaban J connectivity index is 1.31. The molecule has 244 valence electrons. The van der Waals surface area contributed by atoms with Gasteiger partial charge < -0.3 is 4.57 Å². The maximum Gasteiger partial charge on any atom is 0.182 e. The lowest BCUT2D eigenvalue weighted by molar-refractivity contribution is 0.748. The SMILES string of the molecule is Cc1ccc(-c2nc(-c3ccccc3)nnc2-c2cc3c4c(c2)c2ccccc2n4-c2ccccc2C32c3ccccc3-c3ccccc32)c(C)n1. The number of aromatic nitrogens is 5. The van der Waals surface area contributed by atoms with Crippen LogP contribution in [0.2, 0.25) is 0 Å². The minimum atomic E-state index is -0.561. The van der Waals surface area contributed by atoms with Crippen LogP contribution in [0.1, 0.15) is 33.6 Å². The zero-order valence-corrected chi connectivity index (χ0v) is 28.7. The van der Waals surface area contributed by atoms with E-state index in [1.807, 2.05) is 37.3 Å². The van der Waals surface area contributed by atoms with E-state index >= 15 is 0 Å². The van der Waals surface area contributed by atoms with Crippen LogP contribution in [-0.4, -0.2) is 24.7 Å². The number of aryl methyl sites for hydroxylation is 2. The maximum absolute atomic E-state index is 5.28. The summed E-state index contributed by atoms with van der Waals surface area (Å²) in [6, 6.07) is 54.6. The van der Waals surface area contributed by atoms with E-state index in [1.54, 1.807) is 0 Å². The third kappa shape index (κ3) is 3.77. The highest BCUT2D eigenvalue weighted by atomic mass is 15.2. The Kier molecular flexibility index (Phi) is 5.95. The fourth-order valence-corrected chi connectivity index (χ4v) is 9.07. The van der Waals surface area contributed by atoms with Crippen LogP contribution in [-0.2, 0) is 5.41 Å². The molecule has 0 fully saturated rings. The molecule has 4 heterocycles. The highest BCUT2D eigenvalue weighted by Gasteiger charge is 2.51. The Morgan fingerprint density at radius 2 is 1.15 bits per heavy atom. The molecule has 9 aromatic rings. The van der Waals surface area contributed by atoms with Crippen LogP contribution in [0.25, 0.3) is 72.5 Å². The van der Waals surface area contributed by atoms with Crippen molar-refractivity contribution in [3.8, 4) is 50.7 Å². The van der Waals surface area contributed by atoms with Crippen molar-refractivity contribution in [2.75, 3.05) is 0 Å². The standard InChI is InChI=1S/C47H31N5/c1-28-24-25-32(29(2)48-28)44-43(50-51-46(49-44)30-14-4-3-5-15-30)31-26-36-35-18-8-12-22-41(35)52-42-23-13-11-21-39(42)47(40(27-31)45(36)52)37-19-9-6-16-33(37)34-17-7-10-20-38(34)47/h3-27H,1-2H3. The second-order valence-electron chi connectivity index (χ2n) is 13.9. The second-order valence-corrected chi connectivity index (χ2v) is 13.9. The predicted octanol–water partition coefficient (Wildman–Crippen LogP) is 10.7. The lowest BCUT2D eigenvalue weighted by Gasteiger charge is -2.39. The topological polar surface area (TPSA) is 56.5 Å². The van der Waals surface area contributed by atoms with Gasteiger partial charge in [0.1, 0.15) is 11.4 Å². The lowest BCUT2D eigenvalue weighted by Crippen LogP contribution is -2.33. The Morgan fingerprint density at radius 3 is 1.92 bits per heavy atom. The molecule has 5 nitrogen and oxygen atoms in total. The first-order valence-electron chi connectivity index (χ1n) is 17.7. The summed E-state index contributed by atoms with van der Waals surface area (Å²) in [5.41, 5.74) is 16.9. The van der Waals surface area contributed by atoms with E-state index in [1.165, 1.54) is 60.9 Å². The Morgan fingerprint density at radius 1 is 0.481 bits per heavy atom. The summed E-state index contributed by atoms with van der Waals surface area (Å²) in [5.74, 6) is 0.586. The smallest absolute Gasteiger partial charge is 0.182 e.